The standard InChI is InChI=1S/C20H19.C9H13.C2H6Si.Zr/c1-20(2)12-16-10-15-8-9-18(14-6-4-3-5-7-14)19(15)11-17(16)13-20;1-6-5-7(2)9(4)8(6)3;1-3-2;/h3-11H,12-13H2,1-2H3;6H,1-4H3;1-2H3;. The first-order valence-electron chi connectivity index (χ1n) is 12.6. The summed E-state index contributed by atoms with van der Waals surface area (Å²) in [5.74, 6) is 0.658. The van der Waals surface area contributed by atoms with Crippen LogP contribution in [0.2, 0.25) is 13.1 Å². The maximum absolute atomic E-state index is 2.74. The summed E-state index contributed by atoms with van der Waals surface area (Å²) in [7, 11) is 0. The minimum absolute atomic E-state index is 0.365. The van der Waals surface area contributed by atoms with E-state index < -0.39 is 20.4 Å². The Morgan fingerprint density at radius 3 is 2.12 bits per heavy atom. The van der Waals surface area contributed by atoms with E-state index in [1.54, 1.807) is 39.0 Å². The predicted octanol–water partition coefficient (Wildman–Crippen LogP) is 8.43. The van der Waals surface area contributed by atoms with Gasteiger partial charge in [0.25, 0.3) is 0 Å². The number of rotatable bonds is 3. The van der Waals surface area contributed by atoms with E-state index in [1.165, 1.54) is 24.0 Å². The average Bonchev–Trinajstić information content (AvgIpc) is 3.34. The molecule has 33 heavy (non-hydrogen) atoms. The average molecular weight is 530 g/mol. The van der Waals surface area contributed by atoms with Gasteiger partial charge in [-0.05, 0) is 0 Å². The molecule has 3 aliphatic rings. The van der Waals surface area contributed by atoms with Gasteiger partial charge in [-0.15, -0.1) is 0 Å². The monoisotopic (exact) mass is 528 g/mol. The van der Waals surface area contributed by atoms with Crippen molar-refractivity contribution in [3.05, 3.63) is 96.4 Å². The number of hydrogen-bond acceptors (Lipinski definition) is 0. The molecule has 0 aliphatic heterocycles. The molecule has 2 unspecified atom stereocenters. The molecule has 0 amide bonds. The van der Waals surface area contributed by atoms with Crippen LogP contribution < -0.4 is 0 Å². The first-order valence-corrected chi connectivity index (χ1v) is 21.4. The molecule has 2 aromatic carbocycles. The van der Waals surface area contributed by atoms with Crippen molar-refractivity contribution in [1.82, 2.24) is 0 Å². The zero-order valence-corrected chi connectivity index (χ0v) is 25.1. The molecule has 2 heteroatoms. The molecule has 0 aromatic heterocycles. The molecule has 0 spiro atoms. The van der Waals surface area contributed by atoms with Gasteiger partial charge < -0.3 is 0 Å². The number of fused-ring (bicyclic) bond motifs is 2. The second kappa shape index (κ2) is 8.46. The molecule has 2 atom stereocenters. The van der Waals surface area contributed by atoms with Crippen molar-refractivity contribution < 1.29 is 20.4 Å². The summed E-state index contributed by atoms with van der Waals surface area (Å²) in [6.07, 6.45) is 5.19. The van der Waals surface area contributed by atoms with E-state index in [1.807, 2.05) is 3.28 Å². The fourth-order valence-electron chi connectivity index (χ4n) is 6.62. The molecular weight excluding hydrogens is 492 g/mol. The van der Waals surface area contributed by atoms with Crippen LogP contribution in [0, 0.1) is 11.3 Å². The summed E-state index contributed by atoms with van der Waals surface area (Å²) < 4.78 is 2.61. The Morgan fingerprint density at radius 1 is 0.909 bits per heavy atom. The van der Waals surface area contributed by atoms with Crippen LogP contribution in [-0.2, 0) is 33.2 Å². The van der Waals surface area contributed by atoms with Crippen molar-refractivity contribution in [2.75, 3.05) is 0 Å². The second-order valence-corrected chi connectivity index (χ2v) is 29.1. The molecule has 0 saturated heterocycles. The predicted molar refractivity (Wildman–Crippen MR) is 142 cm³/mol. The first-order chi connectivity index (χ1) is 15.6. The van der Waals surface area contributed by atoms with Gasteiger partial charge in [0, 0.05) is 0 Å². The Bertz CT molecular complexity index is 1280. The summed E-state index contributed by atoms with van der Waals surface area (Å²) in [6.45, 7) is 19.8. The van der Waals surface area contributed by atoms with Crippen molar-refractivity contribution in [3.8, 4) is 0 Å². The molecule has 170 valence electrons. The van der Waals surface area contributed by atoms with Crippen LogP contribution in [0.25, 0.3) is 5.57 Å². The van der Waals surface area contributed by atoms with Gasteiger partial charge in [-0.1, -0.05) is 0 Å². The fourth-order valence-corrected chi connectivity index (χ4v) is 26.3. The summed E-state index contributed by atoms with van der Waals surface area (Å²) in [5, 5.41) is 0. The molecule has 0 fully saturated rings. The van der Waals surface area contributed by atoms with Crippen LogP contribution in [0.4, 0.5) is 0 Å². The van der Waals surface area contributed by atoms with Crippen LogP contribution in [0.5, 0.6) is 0 Å². The van der Waals surface area contributed by atoms with E-state index in [0.717, 1.165) is 0 Å². The van der Waals surface area contributed by atoms with Crippen LogP contribution >= 0.6 is 0 Å². The number of allylic oxidation sites excluding steroid dienone is 5. The summed E-state index contributed by atoms with van der Waals surface area (Å²) >= 11 is -1.96. The molecule has 5 rings (SSSR count). The summed E-state index contributed by atoms with van der Waals surface area (Å²) in [5.41, 5.74) is 14.3. The van der Waals surface area contributed by atoms with Crippen LogP contribution in [-0.4, -0.2) is 5.43 Å². The molecule has 0 N–H and O–H groups in total. The summed E-state index contributed by atoms with van der Waals surface area (Å²) in [4.78, 5) is 0. The molecule has 3 aliphatic carbocycles. The Kier molecular flexibility index (Phi) is 6.02. The van der Waals surface area contributed by atoms with Gasteiger partial charge in [0.2, 0.25) is 0 Å². The third kappa shape index (κ3) is 3.90. The quantitative estimate of drug-likeness (QED) is 0.350. The van der Waals surface area contributed by atoms with E-state index in [9.17, 15) is 0 Å². The Labute approximate surface area is 209 Å². The van der Waals surface area contributed by atoms with Crippen LogP contribution in [0.15, 0.2) is 68.5 Å². The third-order valence-corrected chi connectivity index (χ3v) is 27.1. The molecule has 0 nitrogen and oxygen atoms in total. The molecule has 0 heterocycles. The van der Waals surface area contributed by atoms with Gasteiger partial charge in [-0.3, -0.25) is 0 Å². The van der Waals surface area contributed by atoms with Crippen molar-refractivity contribution >= 4 is 11.0 Å². The third-order valence-electron chi connectivity index (χ3n) is 8.53. The SMILES string of the molecule is CC1=C(C)C(C)[C]([Zr]([CH]2C=C(c3ccccc3)c3cc4c(cc32)CC(C)(C)C4)=[Si](C)C)=C1C. The first kappa shape index (κ1) is 23.5. The van der Waals surface area contributed by atoms with Gasteiger partial charge >= 0.3 is 210 Å². The fraction of sp³-hybridized carbons (Fsp3) is 0.419. The Hall–Kier alpha value is -1.24. The Morgan fingerprint density at radius 2 is 1.55 bits per heavy atom. The molecule has 0 saturated carbocycles. The minimum atomic E-state index is -1.96. The molecule has 0 bridgehead atoms. The van der Waals surface area contributed by atoms with Gasteiger partial charge in [-0.25, -0.2) is 0 Å². The number of benzene rings is 2. The zero-order chi connectivity index (χ0) is 23.7. The van der Waals surface area contributed by atoms with E-state index >= 15 is 0 Å². The van der Waals surface area contributed by atoms with Crippen molar-refractivity contribution in [3.63, 3.8) is 0 Å². The topological polar surface area (TPSA) is 0 Å². The van der Waals surface area contributed by atoms with Gasteiger partial charge in [0.1, 0.15) is 0 Å². The van der Waals surface area contributed by atoms with Crippen LogP contribution in [0.1, 0.15) is 73.0 Å². The van der Waals surface area contributed by atoms with Gasteiger partial charge in [0.05, 0.1) is 0 Å². The van der Waals surface area contributed by atoms with Gasteiger partial charge in [0.15, 0.2) is 0 Å². The second-order valence-electron chi connectivity index (χ2n) is 11.6. The van der Waals surface area contributed by atoms with Gasteiger partial charge in [-0.2, -0.15) is 0 Å². The molecule has 0 radical (unpaired) electrons. The zero-order valence-electron chi connectivity index (χ0n) is 21.7. The van der Waals surface area contributed by atoms with Crippen molar-refractivity contribution in [1.29, 1.82) is 0 Å². The van der Waals surface area contributed by atoms with E-state index in [2.05, 4.69) is 103 Å². The Balaban J connectivity index is 1.72. The normalized spacial score (nSPS) is 23.1. The van der Waals surface area contributed by atoms with Crippen LogP contribution in [0.3, 0.4) is 0 Å². The number of hydrogen-bond donors (Lipinski definition) is 0. The van der Waals surface area contributed by atoms with E-state index in [0.29, 0.717) is 15.0 Å². The van der Waals surface area contributed by atoms with E-state index in [-0.39, 0.29) is 5.43 Å². The van der Waals surface area contributed by atoms with Crippen molar-refractivity contribution in [2.45, 2.75) is 71.1 Å². The van der Waals surface area contributed by atoms with Crippen molar-refractivity contribution in [2.24, 2.45) is 11.3 Å². The molecular formula is C31H38SiZr. The molecule has 2 aromatic rings. The maximum atomic E-state index is 2.74. The van der Waals surface area contributed by atoms with E-state index in [4.69, 9.17) is 0 Å². The summed E-state index contributed by atoms with van der Waals surface area (Å²) in [6, 6.07) is 16.5.